The van der Waals surface area contributed by atoms with Gasteiger partial charge in [-0.05, 0) is 32.9 Å². The first-order valence-electron chi connectivity index (χ1n) is 5.50. The molecule has 0 saturated carbocycles. The molecule has 0 saturated heterocycles. The zero-order valence-corrected chi connectivity index (χ0v) is 10.2. The molecule has 0 spiro atoms. The van der Waals surface area contributed by atoms with Gasteiger partial charge in [-0.2, -0.15) is 10.2 Å². The van der Waals surface area contributed by atoms with E-state index in [1.165, 1.54) is 0 Å². The van der Waals surface area contributed by atoms with Crippen LogP contribution in [0.1, 0.15) is 32.9 Å². The molecule has 0 aliphatic carbocycles. The van der Waals surface area contributed by atoms with Gasteiger partial charge in [0.2, 0.25) is 0 Å². The summed E-state index contributed by atoms with van der Waals surface area (Å²) in [6, 6.07) is 9.36. The van der Waals surface area contributed by atoms with Crippen molar-refractivity contribution in [2.24, 2.45) is 0 Å². The van der Waals surface area contributed by atoms with Gasteiger partial charge in [-0.15, -0.1) is 0 Å². The van der Waals surface area contributed by atoms with Gasteiger partial charge in [0.15, 0.2) is 5.78 Å². The van der Waals surface area contributed by atoms with Gasteiger partial charge < -0.3 is 0 Å². The number of rotatable bonds is 2. The Morgan fingerprint density at radius 3 is 2.53 bits per heavy atom. The van der Waals surface area contributed by atoms with E-state index in [0.29, 0.717) is 16.8 Å². The minimum atomic E-state index is 0.00389. The van der Waals surface area contributed by atoms with Crippen LogP contribution >= 0.6 is 0 Å². The lowest BCUT2D eigenvalue weighted by molar-refractivity contribution is 0.103. The summed E-state index contributed by atoms with van der Waals surface area (Å²) in [6.45, 7) is 5.61. The fourth-order valence-electron chi connectivity index (χ4n) is 1.72. The molecule has 0 atom stereocenters. The molecule has 0 aliphatic rings. The van der Waals surface area contributed by atoms with E-state index in [-0.39, 0.29) is 5.78 Å². The number of ketones is 1. The summed E-state index contributed by atoms with van der Waals surface area (Å²) in [5, 5.41) is 7.91. The van der Waals surface area contributed by atoms with Crippen LogP contribution in [0.25, 0.3) is 0 Å². The highest BCUT2D eigenvalue weighted by Crippen LogP contribution is 2.13. The van der Waals surface area contributed by atoms with E-state index < -0.39 is 0 Å². The fourth-order valence-corrected chi connectivity index (χ4v) is 1.72. The molecule has 1 aromatic carbocycles. The van der Waals surface area contributed by atoms with Gasteiger partial charge in [0.25, 0.3) is 0 Å². The van der Waals surface area contributed by atoms with Crippen molar-refractivity contribution in [1.82, 2.24) is 10.2 Å². The second kappa shape index (κ2) is 4.45. The molecular weight excluding hydrogens is 212 g/mol. The smallest absolute Gasteiger partial charge is 0.194 e. The molecule has 0 fully saturated rings. The molecule has 0 radical (unpaired) electrons. The van der Waals surface area contributed by atoms with Gasteiger partial charge in [-0.25, -0.2) is 0 Å². The summed E-state index contributed by atoms with van der Waals surface area (Å²) in [4.78, 5) is 12.3. The van der Waals surface area contributed by atoms with Crippen LogP contribution in [-0.4, -0.2) is 16.0 Å². The van der Waals surface area contributed by atoms with Crippen molar-refractivity contribution < 1.29 is 4.79 Å². The second-order valence-electron chi connectivity index (χ2n) is 4.18. The van der Waals surface area contributed by atoms with E-state index in [0.717, 1.165) is 11.3 Å². The zero-order valence-electron chi connectivity index (χ0n) is 10.2. The summed E-state index contributed by atoms with van der Waals surface area (Å²) >= 11 is 0. The van der Waals surface area contributed by atoms with Crippen LogP contribution in [0.2, 0.25) is 0 Å². The standard InChI is InChI=1S/C14H14N2O/c1-9-5-4-6-12(7-9)14(17)13-8-10(2)15-16-11(13)3/h4-8H,1-3H3. The lowest BCUT2D eigenvalue weighted by Gasteiger charge is -2.05. The Morgan fingerprint density at radius 2 is 1.82 bits per heavy atom. The maximum atomic E-state index is 12.3. The van der Waals surface area contributed by atoms with E-state index in [2.05, 4.69) is 10.2 Å². The Bertz CT molecular complexity index is 576. The van der Waals surface area contributed by atoms with Crippen LogP contribution in [0.5, 0.6) is 0 Å². The maximum Gasteiger partial charge on any atom is 0.194 e. The first-order valence-corrected chi connectivity index (χ1v) is 5.50. The summed E-state index contributed by atoms with van der Waals surface area (Å²) < 4.78 is 0. The molecule has 0 unspecified atom stereocenters. The molecule has 0 bridgehead atoms. The van der Waals surface area contributed by atoms with Crippen LogP contribution in [0.3, 0.4) is 0 Å². The molecule has 86 valence electrons. The summed E-state index contributed by atoms with van der Waals surface area (Å²) in [5.74, 6) is 0.00389. The first-order chi connectivity index (χ1) is 8.08. The number of carbonyl (C=O) groups excluding carboxylic acids is 1. The van der Waals surface area contributed by atoms with Crippen LogP contribution in [0, 0.1) is 20.8 Å². The fraction of sp³-hybridized carbons (Fsp3) is 0.214. The third-order valence-corrected chi connectivity index (χ3v) is 2.63. The SMILES string of the molecule is Cc1cccc(C(=O)c2cc(C)nnc2C)c1. The predicted molar refractivity (Wildman–Crippen MR) is 66.1 cm³/mol. The Balaban J connectivity index is 2.47. The van der Waals surface area contributed by atoms with Gasteiger partial charge in [0.1, 0.15) is 0 Å². The number of carbonyl (C=O) groups is 1. The molecule has 0 aliphatic heterocycles. The van der Waals surface area contributed by atoms with Crippen molar-refractivity contribution in [1.29, 1.82) is 0 Å². The Morgan fingerprint density at radius 1 is 1.06 bits per heavy atom. The highest BCUT2D eigenvalue weighted by Gasteiger charge is 2.13. The number of hydrogen-bond donors (Lipinski definition) is 0. The predicted octanol–water partition coefficient (Wildman–Crippen LogP) is 2.63. The molecule has 1 heterocycles. The van der Waals surface area contributed by atoms with E-state index >= 15 is 0 Å². The van der Waals surface area contributed by atoms with E-state index in [1.807, 2.05) is 38.1 Å². The van der Waals surface area contributed by atoms with E-state index in [4.69, 9.17) is 0 Å². The second-order valence-corrected chi connectivity index (χ2v) is 4.18. The monoisotopic (exact) mass is 226 g/mol. The van der Waals surface area contributed by atoms with Crippen LogP contribution in [-0.2, 0) is 0 Å². The molecule has 2 rings (SSSR count). The normalized spacial score (nSPS) is 10.3. The minimum Gasteiger partial charge on any atom is -0.289 e. The third-order valence-electron chi connectivity index (χ3n) is 2.63. The molecule has 2 aromatic rings. The molecule has 0 amide bonds. The number of benzene rings is 1. The van der Waals surface area contributed by atoms with Gasteiger partial charge >= 0.3 is 0 Å². The summed E-state index contributed by atoms with van der Waals surface area (Å²) in [7, 11) is 0. The molecule has 17 heavy (non-hydrogen) atoms. The average Bonchev–Trinajstić information content (AvgIpc) is 2.31. The highest BCUT2D eigenvalue weighted by molar-refractivity contribution is 6.09. The van der Waals surface area contributed by atoms with Crippen LogP contribution < -0.4 is 0 Å². The largest absolute Gasteiger partial charge is 0.289 e. The first kappa shape index (κ1) is 11.5. The van der Waals surface area contributed by atoms with Crippen molar-refractivity contribution in [3.05, 3.63) is 58.4 Å². The van der Waals surface area contributed by atoms with Crippen LogP contribution in [0.15, 0.2) is 30.3 Å². The topological polar surface area (TPSA) is 42.9 Å². The highest BCUT2D eigenvalue weighted by atomic mass is 16.1. The van der Waals surface area contributed by atoms with Crippen molar-refractivity contribution in [2.75, 3.05) is 0 Å². The lowest BCUT2D eigenvalue weighted by Crippen LogP contribution is -2.07. The number of nitrogens with zero attached hydrogens (tertiary/aromatic N) is 2. The minimum absolute atomic E-state index is 0.00389. The van der Waals surface area contributed by atoms with Gasteiger partial charge in [0.05, 0.1) is 11.4 Å². The average molecular weight is 226 g/mol. The summed E-state index contributed by atoms with van der Waals surface area (Å²) in [6.07, 6.45) is 0. The third kappa shape index (κ3) is 2.38. The lowest BCUT2D eigenvalue weighted by atomic mass is 10.0. The Kier molecular flexibility index (Phi) is 3.00. The molecular formula is C14H14N2O. The van der Waals surface area contributed by atoms with Gasteiger partial charge in [-0.1, -0.05) is 23.8 Å². The summed E-state index contributed by atoms with van der Waals surface area (Å²) in [5.41, 5.74) is 3.82. The van der Waals surface area contributed by atoms with Crippen molar-refractivity contribution >= 4 is 5.78 Å². The van der Waals surface area contributed by atoms with E-state index in [9.17, 15) is 4.79 Å². The number of aryl methyl sites for hydroxylation is 3. The molecule has 1 aromatic heterocycles. The Hall–Kier alpha value is -2.03. The molecule has 0 N–H and O–H groups in total. The quantitative estimate of drug-likeness (QED) is 0.739. The Labute approximate surface area is 101 Å². The van der Waals surface area contributed by atoms with Gasteiger partial charge in [-0.3, -0.25) is 4.79 Å². The van der Waals surface area contributed by atoms with Crippen LogP contribution in [0.4, 0.5) is 0 Å². The van der Waals surface area contributed by atoms with E-state index in [1.54, 1.807) is 13.0 Å². The number of aromatic nitrogens is 2. The van der Waals surface area contributed by atoms with Crippen molar-refractivity contribution in [3.8, 4) is 0 Å². The maximum absolute atomic E-state index is 12.3. The molecule has 3 nitrogen and oxygen atoms in total. The van der Waals surface area contributed by atoms with Crippen molar-refractivity contribution in [2.45, 2.75) is 20.8 Å². The van der Waals surface area contributed by atoms with Crippen molar-refractivity contribution in [3.63, 3.8) is 0 Å². The van der Waals surface area contributed by atoms with Gasteiger partial charge in [0, 0.05) is 11.1 Å². The zero-order chi connectivity index (χ0) is 12.4. The number of hydrogen-bond acceptors (Lipinski definition) is 3. The molecule has 3 heteroatoms.